The van der Waals surface area contributed by atoms with Crippen molar-refractivity contribution >= 4 is 30.7 Å². The summed E-state index contributed by atoms with van der Waals surface area (Å²) in [6, 6.07) is 0. The van der Waals surface area contributed by atoms with Gasteiger partial charge in [-0.15, -0.1) is 24.8 Å². The summed E-state index contributed by atoms with van der Waals surface area (Å²) in [4.78, 5) is 13.6. The molecule has 100 valence electrons. The van der Waals surface area contributed by atoms with Gasteiger partial charge in [-0.2, -0.15) is 0 Å². The first kappa shape index (κ1) is 21.3. The number of amides is 1. The second-order valence-electron chi connectivity index (χ2n) is 4.10. The Balaban J connectivity index is -0.000000845. The van der Waals surface area contributed by atoms with Crippen LogP contribution in [0.3, 0.4) is 0 Å². The van der Waals surface area contributed by atoms with Gasteiger partial charge >= 0.3 is 0 Å². The number of likely N-dealkylation sites (N-methyl/N-ethyl adjacent to an activating group) is 1. The van der Waals surface area contributed by atoms with E-state index < -0.39 is 0 Å². The number of hydrogen-bond acceptors (Lipinski definition) is 3. The number of halogens is 2. The summed E-state index contributed by atoms with van der Waals surface area (Å²) in [5.41, 5.74) is 5.22. The van der Waals surface area contributed by atoms with Gasteiger partial charge in [-0.3, -0.25) is 9.69 Å². The third-order valence-electron chi connectivity index (χ3n) is 2.25. The predicted octanol–water partition coefficient (Wildman–Crippen LogP) is 1.03. The van der Waals surface area contributed by atoms with Crippen molar-refractivity contribution in [3.8, 4) is 0 Å². The van der Waals surface area contributed by atoms with Gasteiger partial charge < -0.3 is 11.1 Å². The number of nitrogens with one attached hydrogen (secondary N) is 1. The maximum atomic E-state index is 11.5. The largest absolute Gasteiger partial charge is 0.349 e. The van der Waals surface area contributed by atoms with Crippen LogP contribution < -0.4 is 11.1 Å². The van der Waals surface area contributed by atoms with Crippen molar-refractivity contribution in [1.29, 1.82) is 0 Å². The summed E-state index contributed by atoms with van der Waals surface area (Å²) < 4.78 is 0. The molecule has 0 aliphatic heterocycles. The highest BCUT2D eigenvalue weighted by molar-refractivity contribution is 5.85. The van der Waals surface area contributed by atoms with Crippen LogP contribution in [0, 0.1) is 0 Å². The van der Waals surface area contributed by atoms with Crippen LogP contribution in [-0.4, -0.2) is 42.5 Å². The van der Waals surface area contributed by atoms with Crippen molar-refractivity contribution in [2.45, 2.75) is 33.2 Å². The Hall–Kier alpha value is -0.0300. The number of hydrogen-bond donors (Lipinski definition) is 2. The number of nitrogens with two attached hydrogens (primary N) is 1. The predicted molar refractivity (Wildman–Crippen MR) is 73.6 cm³/mol. The van der Waals surface area contributed by atoms with E-state index in [0.29, 0.717) is 13.1 Å². The fourth-order valence-electron chi connectivity index (χ4n) is 1.12. The van der Waals surface area contributed by atoms with E-state index in [1.54, 1.807) is 0 Å². The molecule has 3 N–H and O–H groups in total. The van der Waals surface area contributed by atoms with E-state index >= 15 is 0 Å². The van der Waals surface area contributed by atoms with Crippen LogP contribution in [0.4, 0.5) is 0 Å². The van der Waals surface area contributed by atoms with Crippen molar-refractivity contribution in [3.63, 3.8) is 0 Å². The summed E-state index contributed by atoms with van der Waals surface area (Å²) in [5.74, 6) is 0.0455. The molecule has 0 aliphatic carbocycles. The zero-order chi connectivity index (χ0) is 11.2. The van der Waals surface area contributed by atoms with Crippen molar-refractivity contribution < 1.29 is 4.79 Å². The lowest BCUT2D eigenvalue weighted by Crippen LogP contribution is -2.51. The Morgan fingerprint density at radius 2 is 1.69 bits per heavy atom. The van der Waals surface area contributed by atoms with Gasteiger partial charge in [0.15, 0.2) is 0 Å². The fraction of sp³-hybridized carbons (Fsp3) is 0.900. The van der Waals surface area contributed by atoms with E-state index in [1.165, 1.54) is 0 Å². The molecule has 1 amide bonds. The molecular weight excluding hydrogens is 249 g/mol. The molecule has 0 bridgehead atoms. The van der Waals surface area contributed by atoms with Gasteiger partial charge in [-0.1, -0.05) is 13.8 Å². The quantitative estimate of drug-likeness (QED) is 0.760. The normalized spacial score (nSPS) is 10.4. The van der Waals surface area contributed by atoms with Crippen molar-refractivity contribution in [1.82, 2.24) is 10.2 Å². The van der Waals surface area contributed by atoms with Crippen LogP contribution in [-0.2, 0) is 4.79 Å². The van der Waals surface area contributed by atoms with Gasteiger partial charge in [0.2, 0.25) is 5.91 Å². The highest BCUT2D eigenvalue weighted by Gasteiger charge is 2.18. The fourth-order valence-corrected chi connectivity index (χ4v) is 1.12. The molecule has 0 aromatic rings. The lowest BCUT2D eigenvalue weighted by Gasteiger charge is -2.26. The molecule has 16 heavy (non-hydrogen) atoms. The summed E-state index contributed by atoms with van der Waals surface area (Å²) >= 11 is 0. The average molecular weight is 274 g/mol. The maximum absolute atomic E-state index is 11.5. The molecule has 0 heterocycles. The first-order valence-corrected chi connectivity index (χ1v) is 5.18. The summed E-state index contributed by atoms with van der Waals surface area (Å²) in [6.07, 6.45) is 0. The molecule has 0 saturated heterocycles. The molecule has 0 atom stereocenters. The minimum Gasteiger partial charge on any atom is -0.349 e. The van der Waals surface area contributed by atoms with E-state index in [1.807, 2.05) is 27.7 Å². The van der Waals surface area contributed by atoms with Crippen LogP contribution in [0.2, 0.25) is 0 Å². The molecule has 0 saturated carbocycles. The molecule has 0 unspecified atom stereocenters. The zero-order valence-electron chi connectivity index (χ0n) is 10.6. The highest BCUT2D eigenvalue weighted by atomic mass is 35.5. The summed E-state index contributed by atoms with van der Waals surface area (Å²) in [7, 11) is 0. The van der Waals surface area contributed by atoms with E-state index in [9.17, 15) is 4.79 Å². The van der Waals surface area contributed by atoms with Crippen molar-refractivity contribution in [2.75, 3.05) is 26.2 Å². The van der Waals surface area contributed by atoms with E-state index in [2.05, 4.69) is 10.2 Å². The average Bonchev–Trinajstić information content (AvgIpc) is 2.13. The van der Waals surface area contributed by atoms with Crippen LogP contribution in [0.15, 0.2) is 0 Å². The molecule has 4 nitrogen and oxygen atoms in total. The molecule has 0 aromatic heterocycles. The number of carbonyl (C=O) groups excluding carboxylic acids is 1. The van der Waals surface area contributed by atoms with Crippen LogP contribution in [0.1, 0.15) is 27.7 Å². The highest BCUT2D eigenvalue weighted by Crippen LogP contribution is 1.98. The monoisotopic (exact) mass is 273 g/mol. The Labute approximate surface area is 111 Å². The third kappa shape index (κ3) is 9.21. The van der Waals surface area contributed by atoms with Gasteiger partial charge in [0, 0.05) is 12.1 Å². The minimum atomic E-state index is -0.301. The minimum absolute atomic E-state index is 0. The first-order chi connectivity index (χ1) is 6.45. The molecule has 0 fully saturated rings. The van der Waals surface area contributed by atoms with Crippen molar-refractivity contribution in [2.24, 2.45) is 5.73 Å². The molecule has 0 aliphatic rings. The molecule has 0 spiro atoms. The molecule has 0 aromatic carbocycles. The Morgan fingerprint density at radius 1 is 1.25 bits per heavy atom. The molecule has 0 radical (unpaired) electrons. The lowest BCUT2D eigenvalue weighted by atomic mass is 10.1. The van der Waals surface area contributed by atoms with Gasteiger partial charge in [-0.05, 0) is 26.9 Å². The van der Waals surface area contributed by atoms with Gasteiger partial charge in [0.1, 0.15) is 0 Å². The summed E-state index contributed by atoms with van der Waals surface area (Å²) in [5, 5.41) is 2.90. The Morgan fingerprint density at radius 3 is 2.00 bits per heavy atom. The number of rotatable bonds is 6. The zero-order valence-corrected chi connectivity index (χ0v) is 12.2. The Bertz CT molecular complexity index is 185. The van der Waals surface area contributed by atoms with Crippen LogP contribution >= 0.6 is 24.8 Å². The van der Waals surface area contributed by atoms with Crippen molar-refractivity contribution in [3.05, 3.63) is 0 Å². The molecule has 0 rings (SSSR count). The van der Waals surface area contributed by atoms with Gasteiger partial charge in [0.25, 0.3) is 0 Å². The van der Waals surface area contributed by atoms with Gasteiger partial charge in [0.05, 0.1) is 6.54 Å². The van der Waals surface area contributed by atoms with Crippen LogP contribution in [0.25, 0.3) is 0 Å². The van der Waals surface area contributed by atoms with E-state index in [-0.39, 0.29) is 36.3 Å². The molecule has 6 heteroatoms. The number of carbonyl (C=O) groups is 1. The smallest absolute Gasteiger partial charge is 0.234 e. The third-order valence-corrected chi connectivity index (χ3v) is 2.25. The maximum Gasteiger partial charge on any atom is 0.234 e. The second-order valence-corrected chi connectivity index (χ2v) is 4.10. The summed E-state index contributed by atoms with van der Waals surface area (Å²) in [6.45, 7) is 10.6. The first-order valence-electron chi connectivity index (χ1n) is 5.18. The van der Waals surface area contributed by atoms with Crippen LogP contribution in [0.5, 0.6) is 0 Å². The van der Waals surface area contributed by atoms with Gasteiger partial charge in [-0.25, -0.2) is 0 Å². The lowest BCUT2D eigenvalue weighted by molar-refractivity contribution is -0.123. The topological polar surface area (TPSA) is 58.4 Å². The Kier molecular flexibility index (Phi) is 13.5. The second kappa shape index (κ2) is 10.1. The molecular formula is C10H25Cl2N3O. The standard InChI is InChI=1S/C10H23N3O.2ClH/c1-5-13(6-2)7-9(14)12-10(3,4)8-11;;/h5-8,11H2,1-4H3,(H,12,14);2*1H. The SMILES string of the molecule is CCN(CC)CC(=O)NC(C)(C)CN.Cl.Cl. The van der Waals surface area contributed by atoms with E-state index in [4.69, 9.17) is 5.73 Å². The number of nitrogens with zero attached hydrogens (tertiary/aromatic N) is 1. The van der Waals surface area contributed by atoms with E-state index in [0.717, 1.165) is 13.1 Å².